The van der Waals surface area contributed by atoms with Gasteiger partial charge in [-0.2, -0.15) is 9.78 Å². The zero-order chi connectivity index (χ0) is 7.19. The fourth-order valence-electron chi connectivity index (χ4n) is 0.616. The van der Waals surface area contributed by atoms with Crippen LogP contribution in [0, 0.1) is 0 Å². The molecular formula is C4H3N2O3S+. The number of nitrogens with zero attached hydrogens (tertiary/aromatic N) is 2. The Morgan fingerprint density at radius 1 is 1.70 bits per heavy atom. The molecule has 2 heterocycles. The van der Waals surface area contributed by atoms with E-state index in [1.807, 2.05) is 0 Å². The van der Waals surface area contributed by atoms with Crippen molar-refractivity contribution in [2.45, 2.75) is 5.91 Å². The molecule has 0 aromatic rings. The molecule has 0 unspecified atom stereocenters. The largest absolute Gasteiger partial charge is 0.428 e. The number of hydrogen-bond acceptors (Lipinski definition) is 5. The topological polar surface area (TPSA) is 60.7 Å². The van der Waals surface area contributed by atoms with Gasteiger partial charge in [-0.25, -0.2) is 4.99 Å². The third kappa shape index (κ3) is 0.605. The molecule has 0 bridgehead atoms. The average Bonchev–Trinajstić information content (AvgIpc) is 2.65. The fraction of sp³-hybridized carbons (Fsp3) is 0.250. The van der Waals surface area contributed by atoms with Gasteiger partial charge < -0.3 is 0 Å². The summed E-state index contributed by atoms with van der Waals surface area (Å²) in [6.07, 6.45) is 2.65. The third-order valence-electron chi connectivity index (χ3n) is 1.17. The van der Waals surface area contributed by atoms with Crippen molar-refractivity contribution in [3.63, 3.8) is 0 Å². The number of aliphatic imine (C=N–C) groups is 1. The van der Waals surface area contributed by atoms with Gasteiger partial charge in [0.25, 0.3) is 0 Å². The lowest BCUT2D eigenvalue weighted by molar-refractivity contribution is -0.685. The zero-order valence-electron chi connectivity index (χ0n) is 4.72. The van der Waals surface area contributed by atoms with E-state index in [2.05, 4.69) is 14.8 Å². The first-order valence-corrected chi connectivity index (χ1v) is 2.93. The monoisotopic (exact) mass is 159 g/mol. The number of hydroxylamine groups is 1. The summed E-state index contributed by atoms with van der Waals surface area (Å²) in [7, 11) is 0. The normalized spacial score (nSPS) is 26.8. The maximum Gasteiger partial charge on any atom is 0.428 e. The van der Waals surface area contributed by atoms with Crippen LogP contribution in [0.1, 0.15) is 0 Å². The van der Waals surface area contributed by atoms with E-state index < -0.39 is 5.91 Å². The highest BCUT2D eigenvalue weighted by Crippen LogP contribution is 2.33. The molecule has 2 aliphatic heterocycles. The predicted octanol–water partition coefficient (Wildman–Crippen LogP) is -0.514. The zero-order valence-corrected chi connectivity index (χ0v) is 5.54. The molecule has 0 amide bonds. The standard InChI is InChI=1S/C4H3N2O3S/c7-6-2-1-5-4(3(6)10)8-9-4/h1-2,7H/q+1. The van der Waals surface area contributed by atoms with Crippen molar-refractivity contribution in [2.75, 3.05) is 0 Å². The average molecular weight is 159 g/mol. The van der Waals surface area contributed by atoms with Crippen LogP contribution in [0.2, 0.25) is 0 Å². The summed E-state index contributed by atoms with van der Waals surface area (Å²) in [6.45, 7) is 0. The molecule has 1 spiro atoms. The van der Waals surface area contributed by atoms with Gasteiger partial charge in [0, 0.05) is 17.0 Å². The summed E-state index contributed by atoms with van der Waals surface area (Å²) in [5.74, 6) is -1.20. The quantitative estimate of drug-likeness (QED) is 0.170. The van der Waals surface area contributed by atoms with E-state index in [-0.39, 0.29) is 4.99 Å². The molecule has 2 rings (SSSR count). The summed E-state index contributed by atoms with van der Waals surface area (Å²) >= 11 is 4.71. The van der Waals surface area contributed by atoms with Crippen LogP contribution in [-0.4, -0.2) is 33.3 Å². The third-order valence-corrected chi connectivity index (χ3v) is 1.62. The first-order valence-electron chi connectivity index (χ1n) is 2.53. The predicted molar refractivity (Wildman–Crippen MR) is 34.1 cm³/mol. The maximum absolute atomic E-state index is 8.94. The molecule has 0 saturated carbocycles. The molecule has 0 aromatic carbocycles. The number of hydrogen-bond donors (Lipinski definition) is 1. The van der Waals surface area contributed by atoms with Gasteiger partial charge in [0.05, 0.1) is 6.21 Å². The number of rotatable bonds is 0. The Kier molecular flexibility index (Phi) is 0.942. The van der Waals surface area contributed by atoms with E-state index in [0.717, 1.165) is 4.74 Å². The molecule has 1 fully saturated rings. The SMILES string of the molecule is O[N+]1=CC=NC2(OO2)C1=S. The summed E-state index contributed by atoms with van der Waals surface area (Å²) in [6, 6.07) is 0. The molecule has 1 saturated heterocycles. The van der Waals surface area contributed by atoms with E-state index >= 15 is 0 Å². The van der Waals surface area contributed by atoms with Gasteiger partial charge >= 0.3 is 10.9 Å². The van der Waals surface area contributed by atoms with Gasteiger partial charge in [-0.15, -0.1) is 0 Å². The summed E-state index contributed by atoms with van der Waals surface area (Å²) in [4.78, 5) is 12.7. The number of thiocarbonyl (C=S) groups is 1. The molecule has 2 aliphatic rings. The van der Waals surface area contributed by atoms with Crippen LogP contribution >= 0.6 is 12.2 Å². The van der Waals surface area contributed by atoms with Crippen LogP contribution in [0.15, 0.2) is 4.99 Å². The Hall–Kier alpha value is -0.850. The van der Waals surface area contributed by atoms with Crippen molar-refractivity contribution >= 4 is 29.6 Å². The van der Waals surface area contributed by atoms with E-state index in [9.17, 15) is 0 Å². The van der Waals surface area contributed by atoms with Gasteiger partial charge in [-0.1, -0.05) is 0 Å². The molecule has 0 aromatic heterocycles. The van der Waals surface area contributed by atoms with Crippen LogP contribution in [0.25, 0.3) is 0 Å². The Balaban J connectivity index is 2.38. The minimum Gasteiger partial charge on any atom is -0.284 e. The highest BCUT2D eigenvalue weighted by atomic mass is 32.1. The molecule has 1 N–H and O–H groups in total. The molecule has 5 nitrogen and oxygen atoms in total. The Morgan fingerprint density at radius 3 is 2.90 bits per heavy atom. The van der Waals surface area contributed by atoms with E-state index in [0.29, 0.717) is 0 Å². The van der Waals surface area contributed by atoms with Gasteiger partial charge in [-0.05, 0) is 0 Å². The van der Waals surface area contributed by atoms with E-state index in [1.165, 1.54) is 12.4 Å². The van der Waals surface area contributed by atoms with E-state index in [4.69, 9.17) is 17.4 Å². The van der Waals surface area contributed by atoms with E-state index in [1.54, 1.807) is 0 Å². The van der Waals surface area contributed by atoms with Crippen molar-refractivity contribution in [2.24, 2.45) is 4.99 Å². The van der Waals surface area contributed by atoms with Crippen molar-refractivity contribution in [1.82, 2.24) is 0 Å². The fourth-order valence-corrected chi connectivity index (χ4v) is 0.798. The summed E-state index contributed by atoms with van der Waals surface area (Å²) in [5, 5.41) is 8.94. The minimum absolute atomic E-state index is 0.0926. The Morgan fingerprint density at radius 2 is 2.40 bits per heavy atom. The molecular weight excluding hydrogens is 156 g/mol. The maximum atomic E-state index is 8.94. The van der Waals surface area contributed by atoms with Crippen molar-refractivity contribution < 1.29 is 19.7 Å². The highest BCUT2D eigenvalue weighted by Gasteiger charge is 2.62. The second-order valence-corrected chi connectivity index (χ2v) is 2.21. The first kappa shape index (κ1) is 5.90. The van der Waals surface area contributed by atoms with Crippen molar-refractivity contribution in [3.05, 3.63) is 0 Å². The van der Waals surface area contributed by atoms with Crippen LogP contribution in [-0.2, 0) is 9.78 Å². The molecule has 0 atom stereocenters. The molecule has 0 radical (unpaired) electrons. The molecule has 52 valence electrons. The second kappa shape index (κ2) is 1.60. The van der Waals surface area contributed by atoms with Crippen LogP contribution < -0.4 is 0 Å². The van der Waals surface area contributed by atoms with Crippen LogP contribution in [0.5, 0.6) is 0 Å². The smallest absolute Gasteiger partial charge is 0.284 e. The first-order chi connectivity index (χ1) is 4.75. The highest BCUT2D eigenvalue weighted by molar-refractivity contribution is 7.80. The molecule has 6 heteroatoms. The van der Waals surface area contributed by atoms with Gasteiger partial charge in [0.15, 0.2) is 0 Å². The minimum atomic E-state index is -1.20. The summed E-state index contributed by atoms with van der Waals surface area (Å²) < 4.78 is 0.731. The lowest BCUT2D eigenvalue weighted by atomic mass is 10.5. The lowest BCUT2D eigenvalue weighted by Crippen LogP contribution is -2.34. The van der Waals surface area contributed by atoms with Gasteiger partial charge in [0.1, 0.15) is 0 Å². The Labute approximate surface area is 61.1 Å². The van der Waals surface area contributed by atoms with Crippen LogP contribution in [0.4, 0.5) is 0 Å². The van der Waals surface area contributed by atoms with Gasteiger partial charge in [-0.3, -0.25) is 5.21 Å². The van der Waals surface area contributed by atoms with Crippen molar-refractivity contribution in [1.29, 1.82) is 0 Å². The summed E-state index contributed by atoms with van der Waals surface area (Å²) in [5.41, 5.74) is 0. The van der Waals surface area contributed by atoms with Gasteiger partial charge in [0.2, 0.25) is 6.21 Å². The van der Waals surface area contributed by atoms with Crippen LogP contribution in [0.3, 0.4) is 0 Å². The molecule has 10 heavy (non-hydrogen) atoms. The lowest BCUT2D eigenvalue weighted by Gasteiger charge is -1.97. The van der Waals surface area contributed by atoms with Crippen molar-refractivity contribution in [3.8, 4) is 0 Å². The second-order valence-electron chi connectivity index (χ2n) is 1.83. The molecule has 0 aliphatic carbocycles. The Bertz CT molecular complexity index is 255.